The molecule has 20 heavy (non-hydrogen) atoms. The monoisotopic (exact) mass is 273 g/mol. The van der Waals surface area contributed by atoms with Crippen LogP contribution in [0.4, 0.5) is 0 Å². The van der Waals surface area contributed by atoms with Crippen LogP contribution in [0.5, 0.6) is 11.5 Å². The predicted molar refractivity (Wildman–Crippen MR) is 70.7 cm³/mol. The summed E-state index contributed by atoms with van der Waals surface area (Å²) in [4.78, 5) is 19.4. The van der Waals surface area contributed by atoms with E-state index in [1.165, 1.54) is 30.7 Å². The third kappa shape index (κ3) is 3.30. The number of hydrogen-bond acceptors (Lipinski definition) is 6. The van der Waals surface area contributed by atoms with E-state index in [1.807, 2.05) is 0 Å². The number of phenols is 1. The van der Waals surface area contributed by atoms with Gasteiger partial charge in [-0.3, -0.25) is 9.78 Å². The van der Waals surface area contributed by atoms with E-state index in [-0.39, 0.29) is 17.4 Å². The number of aromatic nitrogens is 1. The van der Waals surface area contributed by atoms with Gasteiger partial charge in [0.05, 0.1) is 6.21 Å². The molecule has 0 aliphatic rings. The lowest BCUT2D eigenvalue weighted by atomic mass is 10.2. The molecule has 7 nitrogen and oxygen atoms in total. The zero-order valence-electron chi connectivity index (χ0n) is 10.2. The van der Waals surface area contributed by atoms with Gasteiger partial charge in [0.15, 0.2) is 5.75 Å². The lowest BCUT2D eigenvalue weighted by molar-refractivity contribution is -0.139. The SMILES string of the molecule is O=C(N/N=C\c1ccc(O)c(OO)c1)c1ccncc1. The van der Waals surface area contributed by atoms with E-state index < -0.39 is 0 Å². The number of nitrogens with zero attached hydrogens (tertiary/aromatic N) is 2. The number of pyridine rings is 1. The van der Waals surface area contributed by atoms with Crippen molar-refractivity contribution in [2.75, 3.05) is 0 Å². The third-order valence-electron chi connectivity index (χ3n) is 2.40. The summed E-state index contributed by atoms with van der Waals surface area (Å²) in [5, 5.41) is 21.6. The summed E-state index contributed by atoms with van der Waals surface area (Å²) in [7, 11) is 0. The number of hydrogen-bond donors (Lipinski definition) is 3. The molecule has 0 aliphatic heterocycles. The van der Waals surface area contributed by atoms with Gasteiger partial charge in [-0.25, -0.2) is 10.7 Å². The van der Waals surface area contributed by atoms with Crippen LogP contribution in [0.15, 0.2) is 47.8 Å². The Morgan fingerprint density at radius 1 is 1.30 bits per heavy atom. The van der Waals surface area contributed by atoms with Gasteiger partial charge >= 0.3 is 0 Å². The number of amides is 1. The first-order valence-corrected chi connectivity index (χ1v) is 5.58. The van der Waals surface area contributed by atoms with Gasteiger partial charge in [-0.05, 0) is 35.9 Å². The predicted octanol–water partition coefficient (Wildman–Crippen LogP) is 1.40. The first-order valence-electron chi connectivity index (χ1n) is 5.58. The highest BCUT2D eigenvalue weighted by Gasteiger charge is 2.04. The van der Waals surface area contributed by atoms with Crippen LogP contribution < -0.4 is 10.3 Å². The van der Waals surface area contributed by atoms with Crippen LogP contribution in [-0.4, -0.2) is 27.5 Å². The van der Waals surface area contributed by atoms with Crippen LogP contribution in [0, 0.1) is 0 Å². The molecule has 0 radical (unpaired) electrons. The minimum Gasteiger partial charge on any atom is -0.504 e. The molecule has 1 heterocycles. The molecule has 0 saturated carbocycles. The Morgan fingerprint density at radius 3 is 2.75 bits per heavy atom. The summed E-state index contributed by atoms with van der Waals surface area (Å²) >= 11 is 0. The van der Waals surface area contributed by atoms with Crippen molar-refractivity contribution < 1.29 is 20.0 Å². The molecule has 0 atom stereocenters. The first-order chi connectivity index (χ1) is 9.70. The smallest absolute Gasteiger partial charge is 0.271 e. The van der Waals surface area contributed by atoms with E-state index in [9.17, 15) is 9.90 Å². The average Bonchev–Trinajstić information content (AvgIpc) is 2.49. The number of benzene rings is 1. The van der Waals surface area contributed by atoms with Crippen molar-refractivity contribution in [2.45, 2.75) is 0 Å². The maximum absolute atomic E-state index is 11.7. The Bertz CT molecular complexity index is 629. The number of rotatable bonds is 4. The molecule has 0 saturated heterocycles. The van der Waals surface area contributed by atoms with E-state index >= 15 is 0 Å². The van der Waals surface area contributed by atoms with Gasteiger partial charge in [-0.15, -0.1) is 0 Å². The van der Waals surface area contributed by atoms with Crippen molar-refractivity contribution in [3.63, 3.8) is 0 Å². The van der Waals surface area contributed by atoms with Crippen LogP contribution >= 0.6 is 0 Å². The fraction of sp³-hybridized carbons (Fsp3) is 0. The standard InChI is InChI=1S/C13H11N3O4/c17-11-2-1-9(7-12(11)20-19)8-15-16-13(18)10-3-5-14-6-4-10/h1-8,17,19H,(H,16,18)/b15-8-. The number of nitrogens with one attached hydrogen (secondary N) is 1. The molecule has 1 aromatic carbocycles. The van der Waals surface area contributed by atoms with Gasteiger partial charge in [-0.2, -0.15) is 5.10 Å². The first kappa shape index (κ1) is 13.5. The molecule has 7 heteroatoms. The molecule has 102 valence electrons. The molecule has 0 aliphatic carbocycles. The summed E-state index contributed by atoms with van der Waals surface area (Å²) < 4.78 is 0. The number of carbonyl (C=O) groups excluding carboxylic acids is 1. The van der Waals surface area contributed by atoms with Crippen LogP contribution in [0.25, 0.3) is 0 Å². The molecule has 1 aromatic heterocycles. The Morgan fingerprint density at radius 2 is 2.05 bits per heavy atom. The van der Waals surface area contributed by atoms with Crippen molar-refractivity contribution >= 4 is 12.1 Å². The highest BCUT2D eigenvalue weighted by Crippen LogP contribution is 2.25. The van der Waals surface area contributed by atoms with Gasteiger partial charge in [0.25, 0.3) is 5.91 Å². The summed E-state index contributed by atoms with van der Waals surface area (Å²) in [6, 6.07) is 7.35. The summed E-state index contributed by atoms with van der Waals surface area (Å²) in [6.07, 6.45) is 4.36. The maximum Gasteiger partial charge on any atom is 0.271 e. The molecule has 0 bridgehead atoms. The number of phenolic OH excluding ortho intramolecular Hbond substituents is 1. The number of carbonyl (C=O) groups is 1. The van der Waals surface area contributed by atoms with Crippen LogP contribution in [0.2, 0.25) is 0 Å². The number of aromatic hydroxyl groups is 1. The highest BCUT2D eigenvalue weighted by atomic mass is 17.1. The van der Waals surface area contributed by atoms with E-state index in [0.717, 1.165) is 0 Å². The molecule has 0 spiro atoms. The molecular formula is C13H11N3O4. The zero-order valence-corrected chi connectivity index (χ0v) is 10.2. The molecule has 0 unspecified atom stereocenters. The summed E-state index contributed by atoms with van der Waals surface area (Å²) in [6.45, 7) is 0. The maximum atomic E-state index is 11.7. The fourth-order valence-corrected chi connectivity index (χ4v) is 1.42. The largest absolute Gasteiger partial charge is 0.504 e. The van der Waals surface area contributed by atoms with Crippen LogP contribution in [0.1, 0.15) is 15.9 Å². The van der Waals surface area contributed by atoms with Gasteiger partial charge in [0.1, 0.15) is 0 Å². The Kier molecular flexibility index (Phi) is 4.25. The lowest BCUT2D eigenvalue weighted by Crippen LogP contribution is -2.17. The minimum atomic E-state index is -0.374. The van der Waals surface area contributed by atoms with Crippen LogP contribution in [0.3, 0.4) is 0 Å². The molecule has 2 rings (SSSR count). The Hall–Kier alpha value is -2.93. The molecule has 2 aromatic rings. The molecule has 0 fully saturated rings. The normalized spacial score (nSPS) is 10.4. The third-order valence-corrected chi connectivity index (χ3v) is 2.40. The van der Waals surface area contributed by atoms with Crippen molar-refractivity contribution in [3.05, 3.63) is 53.9 Å². The highest BCUT2D eigenvalue weighted by molar-refractivity contribution is 5.94. The average molecular weight is 273 g/mol. The van der Waals surface area contributed by atoms with Crippen molar-refractivity contribution in [2.24, 2.45) is 5.10 Å². The Balaban J connectivity index is 2.02. The second-order valence-corrected chi connectivity index (χ2v) is 3.75. The second-order valence-electron chi connectivity index (χ2n) is 3.75. The van der Waals surface area contributed by atoms with Gasteiger partial charge in [-0.1, -0.05) is 0 Å². The van der Waals surface area contributed by atoms with Crippen molar-refractivity contribution in [3.8, 4) is 11.5 Å². The summed E-state index contributed by atoms with van der Waals surface area (Å²) in [5.41, 5.74) is 3.30. The minimum absolute atomic E-state index is 0.102. The fourth-order valence-electron chi connectivity index (χ4n) is 1.42. The number of hydrazone groups is 1. The van der Waals surface area contributed by atoms with Crippen molar-refractivity contribution in [1.29, 1.82) is 0 Å². The zero-order chi connectivity index (χ0) is 14.4. The van der Waals surface area contributed by atoms with E-state index in [1.54, 1.807) is 18.2 Å². The van der Waals surface area contributed by atoms with Gasteiger partial charge < -0.3 is 9.99 Å². The topological polar surface area (TPSA) is 104 Å². The summed E-state index contributed by atoms with van der Waals surface area (Å²) in [5.74, 6) is -0.680. The molecule has 3 N–H and O–H groups in total. The lowest BCUT2D eigenvalue weighted by Gasteiger charge is -2.01. The van der Waals surface area contributed by atoms with Gasteiger partial charge in [0, 0.05) is 18.0 Å². The van der Waals surface area contributed by atoms with Crippen LogP contribution in [-0.2, 0) is 0 Å². The second kappa shape index (κ2) is 6.30. The molecular weight excluding hydrogens is 262 g/mol. The van der Waals surface area contributed by atoms with E-state index in [4.69, 9.17) is 5.26 Å². The van der Waals surface area contributed by atoms with E-state index in [2.05, 4.69) is 20.4 Å². The Labute approximate surface area is 114 Å². The van der Waals surface area contributed by atoms with E-state index in [0.29, 0.717) is 11.1 Å². The quantitative estimate of drug-likeness (QED) is 0.444. The molecule has 1 amide bonds. The van der Waals surface area contributed by atoms with Crippen molar-refractivity contribution in [1.82, 2.24) is 10.4 Å². The van der Waals surface area contributed by atoms with Gasteiger partial charge in [0.2, 0.25) is 5.75 Å².